The van der Waals surface area contributed by atoms with E-state index in [0.717, 1.165) is 30.4 Å². The van der Waals surface area contributed by atoms with Crippen LogP contribution in [0.2, 0.25) is 0 Å². The third-order valence-corrected chi connectivity index (χ3v) is 12.9. The number of sulfone groups is 2. The van der Waals surface area contributed by atoms with E-state index in [1.807, 2.05) is 13.8 Å². The van der Waals surface area contributed by atoms with E-state index in [2.05, 4.69) is 6.92 Å². The Bertz CT molecular complexity index is 1060. The Labute approximate surface area is 239 Å². The Morgan fingerprint density at radius 2 is 0.744 bits per heavy atom. The smallest absolute Gasteiger partial charge is 0.195 e. The molecule has 0 bridgehead atoms. The number of hydrogen-bond acceptors (Lipinski definition) is 4. The number of benzene rings is 2. The van der Waals surface area contributed by atoms with Gasteiger partial charge in [-0.25, -0.2) is 16.8 Å². The van der Waals surface area contributed by atoms with Crippen molar-refractivity contribution < 1.29 is 16.8 Å². The van der Waals surface area contributed by atoms with E-state index < -0.39 is 24.3 Å². The van der Waals surface area contributed by atoms with Gasteiger partial charge >= 0.3 is 0 Å². The van der Waals surface area contributed by atoms with Gasteiger partial charge in [-0.1, -0.05) is 145 Å². The molecule has 0 aliphatic rings. The Balaban J connectivity index is 1.79. The average Bonchev–Trinajstić information content (AvgIpc) is 2.90. The molecule has 0 radical (unpaired) electrons. The van der Waals surface area contributed by atoms with Crippen LogP contribution in [0, 0.1) is 13.8 Å². The van der Waals surface area contributed by atoms with Gasteiger partial charge < -0.3 is 0 Å². The molecule has 0 aliphatic carbocycles. The number of hydrogen-bond donors (Lipinski definition) is 0. The van der Waals surface area contributed by atoms with Crippen molar-refractivity contribution in [1.82, 2.24) is 0 Å². The molecule has 2 aromatic carbocycles. The first-order valence-electron chi connectivity index (χ1n) is 15.3. The second kappa shape index (κ2) is 17.9. The van der Waals surface area contributed by atoms with Gasteiger partial charge in [0.05, 0.1) is 9.79 Å². The largest absolute Gasteiger partial charge is 0.222 e. The van der Waals surface area contributed by atoms with Crippen molar-refractivity contribution in [3.05, 3.63) is 59.7 Å². The zero-order chi connectivity index (χ0) is 28.6. The normalized spacial score (nSPS) is 12.3. The summed E-state index contributed by atoms with van der Waals surface area (Å²) < 4.78 is 52.7. The first kappa shape index (κ1) is 33.5. The van der Waals surface area contributed by atoms with Crippen LogP contribution in [0.25, 0.3) is 0 Å². The minimum atomic E-state index is -4.04. The Morgan fingerprint density at radius 1 is 0.462 bits per heavy atom. The Hall–Kier alpha value is -1.66. The van der Waals surface area contributed by atoms with E-state index in [-0.39, 0.29) is 16.2 Å². The van der Waals surface area contributed by atoms with Crippen molar-refractivity contribution in [3.8, 4) is 0 Å². The molecule has 0 heterocycles. The fourth-order valence-corrected chi connectivity index (χ4v) is 9.69. The Morgan fingerprint density at radius 3 is 1.05 bits per heavy atom. The van der Waals surface area contributed by atoms with Crippen LogP contribution in [-0.2, 0) is 19.7 Å². The Kier molecular flexibility index (Phi) is 15.4. The van der Waals surface area contributed by atoms with Crippen molar-refractivity contribution in [2.24, 2.45) is 0 Å². The second-order valence-corrected chi connectivity index (χ2v) is 15.8. The van der Waals surface area contributed by atoms with E-state index in [0.29, 0.717) is 6.42 Å². The molecule has 2 rings (SSSR count). The lowest BCUT2D eigenvalue weighted by molar-refractivity contribution is 0.525. The van der Waals surface area contributed by atoms with Crippen LogP contribution in [-0.4, -0.2) is 21.4 Å². The van der Waals surface area contributed by atoms with Crippen LogP contribution in [0.3, 0.4) is 0 Å². The monoisotopic (exact) mass is 576 g/mol. The minimum absolute atomic E-state index is 0.0743. The maximum absolute atomic E-state index is 13.5. The molecule has 39 heavy (non-hydrogen) atoms. The summed E-state index contributed by atoms with van der Waals surface area (Å²) in [5.41, 5.74) is 1.87. The van der Waals surface area contributed by atoms with Crippen molar-refractivity contribution in [1.29, 1.82) is 0 Å². The van der Waals surface area contributed by atoms with Crippen LogP contribution >= 0.6 is 0 Å². The van der Waals surface area contributed by atoms with Crippen LogP contribution in [0.5, 0.6) is 0 Å². The number of aryl methyl sites for hydroxylation is 2. The summed E-state index contributed by atoms with van der Waals surface area (Å²) >= 11 is 0. The third-order valence-electron chi connectivity index (χ3n) is 7.68. The summed E-state index contributed by atoms with van der Waals surface area (Å²) in [6.07, 6.45) is 19.7. The first-order valence-corrected chi connectivity index (χ1v) is 18.4. The fraction of sp³-hybridized carbons (Fsp3) is 0.636. The molecular weight excluding hydrogens is 524 g/mol. The molecule has 6 heteroatoms. The highest BCUT2D eigenvalue weighted by Crippen LogP contribution is 2.30. The molecule has 0 amide bonds. The molecule has 0 spiro atoms. The molecule has 0 aliphatic heterocycles. The van der Waals surface area contributed by atoms with Crippen LogP contribution in [0.15, 0.2) is 58.3 Å². The van der Waals surface area contributed by atoms with Crippen molar-refractivity contribution in [2.75, 3.05) is 0 Å². The summed E-state index contributed by atoms with van der Waals surface area (Å²) in [6, 6.07) is 13.0. The van der Waals surface area contributed by atoms with E-state index in [4.69, 9.17) is 0 Å². The topological polar surface area (TPSA) is 68.3 Å². The second-order valence-electron chi connectivity index (χ2n) is 11.2. The SMILES string of the molecule is CCCCCCCCCCCCCCCCCCC(S(=O)(=O)c1ccc(C)cc1)S(=O)(=O)c1ccc(C)cc1. The zero-order valence-corrected chi connectivity index (χ0v) is 26.3. The highest BCUT2D eigenvalue weighted by Gasteiger charge is 2.39. The van der Waals surface area contributed by atoms with E-state index >= 15 is 0 Å². The van der Waals surface area contributed by atoms with Gasteiger partial charge in [0.15, 0.2) is 24.3 Å². The molecule has 220 valence electrons. The predicted octanol–water partition coefficient (Wildman–Crippen LogP) is 9.53. The molecule has 0 atom stereocenters. The molecule has 4 nitrogen and oxygen atoms in total. The van der Waals surface area contributed by atoms with E-state index in [1.54, 1.807) is 24.3 Å². The molecular formula is C33H52O4S2. The number of rotatable bonds is 21. The summed E-state index contributed by atoms with van der Waals surface area (Å²) in [5.74, 6) is 0. The van der Waals surface area contributed by atoms with Crippen LogP contribution in [0.4, 0.5) is 0 Å². The van der Waals surface area contributed by atoms with Crippen molar-refractivity contribution in [3.63, 3.8) is 0 Å². The van der Waals surface area contributed by atoms with Gasteiger partial charge in [0.2, 0.25) is 0 Å². The van der Waals surface area contributed by atoms with Crippen molar-refractivity contribution >= 4 is 19.7 Å². The van der Waals surface area contributed by atoms with Gasteiger partial charge in [0, 0.05) is 0 Å². The fourth-order valence-electron chi connectivity index (χ4n) is 5.10. The van der Waals surface area contributed by atoms with Gasteiger partial charge in [-0.2, -0.15) is 0 Å². The van der Waals surface area contributed by atoms with Crippen LogP contribution < -0.4 is 0 Å². The lowest BCUT2D eigenvalue weighted by Crippen LogP contribution is -2.31. The summed E-state index contributed by atoms with van der Waals surface area (Å²) in [7, 11) is -8.08. The summed E-state index contributed by atoms with van der Waals surface area (Å²) in [5, 5.41) is 0. The first-order chi connectivity index (χ1) is 18.7. The lowest BCUT2D eigenvalue weighted by Gasteiger charge is -2.19. The quantitative estimate of drug-likeness (QED) is 0.139. The highest BCUT2D eigenvalue weighted by molar-refractivity contribution is 8.09. The lowest BCUT2D eigenvalue weighted by atomic mass is 10.0. The maximum Gasteiger partial charge on any atom is 0.195 e. The van der Waals surface area contributed by atoms with Gasteiger partial charge in [-0.3, -0.25) is 0 Å². The van der Waals surface area contributed by atoms with E-state index in [1.165, 1.54) is 101 Å². The van der Waals surface area contributed by atoms with Gasteiger partial charge in [0.25, 0.3) is 0 Å². The van der Waals surface area contributed by atoms with Gasteiger partial charge in [-0.15, -0.1) is 0 Å². The van der Waals surface area contributed by atoms with Gasteiger partial charge in [0.1, 0.15) is 0 Å². The molecule has 0 saturated heterocycles. The highest BCUT2D eigenvalue weighted by atomic mass is 32.3. The number of unbranched alkanes of at least 4 members (excludes halogenated alkanes) is 15. The average molecular weight is 577 g/mol. The van der Waals surface area contributed by atoms with Crippen LogP contribution in [0.1, 0.15) is 127 Å². The van der Waals surface area contributed by atoms with Crippen molar-refractivity contribution in [2.45, 2.75) is 144 Å². The molecule has 0 unspecified atom stereocenters. The molecule has 0 aromatic heterocycles. The standard InChI is InChI=1S/C33H52O4S2/c1-4-5-6-7-8-9-10-11-12-13-14-15-16-17-18-19-20-33(38(34,35)31-25-21-29(2)22-26-31)39(36,37)32-27-23-30(3)24-28-32/h21-28,33H,4-20H2,1-3H3. The van der Waals surface area contributed by atoms with E-state index in [9.17, 15) is 16.8 Å². The molecule has 0 saturated carbocycles. The zero-order valence-electron chi connectivity index (χ0n) is 24.7. The van der Waals surface area contributed by atoms with Gasteiger partial charge in [-0.05, 0) is 44.5 Å². The summed E-state index contributed by atoms with van der Waals surface area (Å²) in [4.78, 5) is 0.149. The predicted molar refractivity (Wildman–Crippen MR) is 165 cm³/mol. The minimum Gasteiger partial charge on any atom is -0.222 e. The maximum atomic E-state index is 13.5. The third kappa shape index (κ3) is 11.8. The molecule has 0 N–H and O–H groups in total. The molecule has 2 aromatic rings. The molecule has 0 fully saturated rings. The summed E-state index contributed by atoms with van der Waals surface area (Å²) in [6.45, 7) is 6.02.